The van der Waals surface area contributed by atoms with Gasteiger partial charge in [0.25, 0.3) is 0 Å². The van der Waals surface area contributed by atoms with E-state index in [0.717, 1.165) is 12.0 Å². The Kier molecular flexibility index (Phi) is 4.65. The number of nitrogen functional groups attached to an aromatic ring is 1. The summed E-state index contributed by atoms with van der Waals surface area (Å²) in [7, 11) is 0. The number of aromatic nitrogens is 3. The van der Waals surface area contributed by atoms with E-state index in [9.17, 15) is 4.39 Å². The van der Waals surface area contributed by atoms with Crippen LogP contribution in [0.1, 0.15) is 12.5 Å². The van der Waals surface area contributed by atoms with Crippen molar-refractivity contribution in [1.29, 1.82) is 0 Å². The fourth-order valence-electron chi connectivity index (χ4n) is 1.61. The SMILES string of the molecule is CCOc1nc(N)nc(NCCc2ccc(F)cc2)n1. The Morgan fingerprint density at radius 2 is 1.95 bits per heavy atom. The summed E-state index contributed by atoms with van der Waals surface area (Å²) in [5.74, 6) is 0.226. The summed E-state index contributed by atoms with van der Waals surface area (Å²) >= 11 is 0. The van der Waals surface area contributed by atoms with E-state index in [-0.39, 0.29) is 17.8 Å². The Morgan fingerprint density at radius 1 is 1.20 bits per heavy atom. The maximum absolute atomic E-state index is 12.8. The molecule has 2 aromatic rings. The molecule has 0 bridgehead atoms. The molecule has 0 saturated heterocycles. The standard InChI is InChI=1S/C13H16FN5O/c1-2-20-13-18-11(15)17-12(19-13)16-8-7-9-3-5-10(14)6-4-9/h3-6H,2,7-8H2,1H3,(H3,15,16,17,18,19). The first kappa shape index (κ1) is 14.0. The molecule has 6 nitrogen and oxygen atoms in total. The van der Waals surface area contributed by atoms with Crippen molar-refractivity contribution in [3.8, 4) is 6.01 Å². The maximum Gasteiger partial charge on any atom is 0.323 e. The fraction of sp³-hybridized carbons (Fsp3) is 0.308. The topological polar surface area (TPSA) is 86.0 Å². The Hall–Kier alpha value is -2.44. The van der Waals surface area contributed by atoms with Gasteiger partial charge in [-0.2, -0.15) is 15.0 Å². The van der Waals surface area contributed by atoms with Gasteiger partial charge in [-0.1, -0.05) is 12.1 Å². The zero-order valence-electron chi connectivity index (χ0n) is 11.1. The van der Waals surface area contributed by atoms with E-state index in [2.05, 4.69) is 20.3 Å². The summed E-state index contributed by atoms with van der Waals surface area (Å²) in [5.41, 5.74) is 6.58. The Balaban J connectivity index is 1.91. The molecule has 106 valence electrons. The van der Waals surface area contributed by atoms with Crippen molar-refractivity contribution >= 4 is 11.9 Å². The average molecular weight is 277 g/mol. The number of hydrogen-bond donors (Lipinski definition) is 2. The van der Waals surface area contributed by atoms with Crippen LogP contribution >= 0.6 is 0 Å². The van der Waals surface area contributed by atoms with E-state index in [1.807, 2.05) is 6.92 Å². The number of halogens is 1. The predicted octanol–water partition coefficient (Wildman–Crippen LogP) is 1.65. The van der Waals surface area contributed by atoms with Crippen LogP contribution in [0.4, 0.5) is 16.3 Å². The van der Waals surface area contributed by atoms with Crippen molar-refractivity contribution in [2.45, 2.75) is 13.3 Å². The van der Waals surface area contributed by atoms with Crippen LogP contribution in [0.25, 0.3) is 0 Å². The molecule has 0 aliphatic rings. The van der Waals surface area contributed by atoms with E-state index in [4.69, 9.17) is 10.5 Å². The number of nitrogens with one attached hydrogen (secondary N) is 1. The monoisotopic (exact) mass is 277 g/mol. The van der Waals surface area contributed by atoms with Crippen LogP contribution < -0.4 is 15.8 Å². The Labute approximate surface area is 116 Å². The number of nitrogens with two attached hydrogens (primary N) is 1. The second kappa shape index (κ2) is 6.65. The first-order valence-electron chi connectivity index (χ1n) is 6.30. The predicted molar refractivity (Wildman–Crippen MR) is 74.0 cm³/mol. The van der Waals surface area contributed by atoms with Gasteiger partial charge in [-0.25, -0.2) is 4.39 Å². The minimum Gasteiger partial charge on any atom is -0.464 e. The molecule has 0 aliphatic carbocycles. The average Bonchev–Trinajstić information content (AvgIpc) is 2.41. The lowest BCUT2D eigenvalue weighted by Crippen LogP contribution is -2.11. The summed E-state index contributed by atoms with van der Waals surface area (Å²) in [6.45, 7) is 2.89. The van der Waals surface area contributed by atoms with Crippen molar-refractivity contribution in [3.63, 3.8) is 0 Å². The molecule has 0 radical (unpaired) electrons. The molecule has 2 rings (SSSR count). The van der Waals surface area contributed by atoms with E-state index < -0.39 is 0 Å². The molecular formula is C13H16FN5O. The fourth-order valence-corrected chi connectivity index (χ4v) is 1.61. The van der Waals surface area contributed by atoms with Crippen LogP contribution in [0.5, 0.6) is 6.01 Å². The van der Waals surface area contributed by atoms with Crippen molar-refractivity contribution < 1.29 is 9.13 Å². The summed E-state index contributed by atoms with van der Waals surface area (Å²) in [6.07, 6.45) is 0.718. The highest BCUT2D eigenvalue weighted by molar-refractivity contribution is 5.32. The molecule has 0 atom stereocenters. The normalized spacial score (nSPS) is 10.3. The van der Waals surface area contributed by atoms with Gasteiger partial charge in [0.05, 0.1) is 6.61 Å². The van der Waals surface area contributed by atoms with Crippen molar-refractivity contribution in [1.82, 2.24) is 15.0 Å². The molecule has 1 aromatic carbocycles. The Bertz CT molecular complexity index is 561. The molecule has 0 aliphatic heterocycles. The summed E-state index contributed by atoms with van der Waals surface area (Å²) in [4.78, 5) is 11.9. The van der Waals surface area contributed by atoms with E-state index in [1.165, 1.54) is 12.1 Å². The molecule has 0 saturated carbocycles. The van der Waals surface area contributed by atoms with Gasteiger partial charge in [-0.05, 0) is 31.0 Å². The van der Waals surface area contributed by atoms with Gasteiger partial charge in [0, 0.05) is 6.54 Å². The Morgan fingerprint density at radius 3 is 2.65 bits per heavy atom. The van der Waals surface area contributed by atoms with Crippen LogP contribution in [0, 0.1) is 5.82 Å². The van der Waals surface area contributed by atoms with Crippen LogP contribution in [0.3, 0.4) is 0 Å². The number of benzene rings is 1. The summed E-state index contributed by atoms with van der Waals surface area (Å²) in [5, 5.41) is 3.03. The molecule has 0 amide bonds. The third-order valence-electron chi connectivity index (χ3n) is 2.52. The van der Waals surface area contributed by atoms with Gasteiger partial charge in [-0.15, -0.1) is 0 Å². The van der Waals surface area contributed by atoms with Crippen molar-refractivity contribution in [2.75, 3.05) is 24.2 Å². The lowest BCUT2D eigenvalue weighted by Gasteiger charge is -2.07. The number of ether oxygens (including phenoxy) is 1. The van der Waals surface area contributed by atoms with E-state index >= 15 is 0 Å². The van der Waals surface area contributed by atoms with Crippen molar-refractivity contribution in [3.05, 3.63) is 35.6 Å². The molecular weight excluding hydrogens is 261 g/mol. The number of nitrogens with zero attached hydrogens (tertiary/aromatic N) is 3. The lowest BCUT2D eigenvalue weighted by molar-refractivity contribution is 0.312. The zero-order chi connectivity index (χ0) is 14.4. The van der Waals surface area contributed by atoms with Gasteiger partial charge in [0.1, 0.15) is 5.82 Å². The van der Waals surface area contributed by atoms with Crippen LogP contribution in [0.2, 0.25) is 0 Å². The van der Waals surface area contributed by atoms with Gasteiger partial charge in [0.15, 0.2) is 0 Å². The minimum absolute atomic E-state index is 0.104. The third kappa shape index (κ3) is 4.04. The van der Waals surface area contributed by atoms with Gasteiger partial charge in [-0.3, -0.25) is 0 Å². The van der Waals surface area contributed by atoms with Crippen LogP contribution in [0.15, 0.2) is 24.3 Å². The number of rotatable bonds is 6. The lowest BCUT2D eigenvalue weighted by atomic mass is 10.1. The van der Waals surface area contributed by atoms with Gasteiger partial charge >= 0.3 is 6.01 Å². The number of hydrogen-bond acceptors (Lipinski definition) is 6. The first-order valence-corrected chi connectivity index (χ1v) is 6.30. The highest BCUT2D eigenvalue weighted by Gasteiger charge is 2.04. The molecule has 7 heteroatoms. The van der Waals surface area contributed by atoms with Crippen LogP contribution in [-0.4, -0.2) is 28.1 Å². The largest absolute Gasteiger partial charge is 0.464 e. The van der Waals surface area contributed by atoms with Gasteiger partial charge in [0.2, 0.25) is 11.9 Å². The molecule has 3 N–H and O–H groups in total. The minimum atomic E-state index is -0.242. The smallest absolute Gasteiger partial charge is 0.323 e. The van der Waals surface area contributed by atoms with Crippen LogP contribution in [-0.2, 0) is 6.42 Å². The molecule has 1 aromatic heterocycles. The maximum atomic E-state index is 12.8. The first-order chi connectivity index (χ1) is 9.67. The molecule has 0 spiro atoms. The third-order valence-corrected chi connectivity index (χ3v) is 2.52. The molecule has 0 unspecified atom stereocenters. The van der Waals surface area contributed by atoms with Gasteiger partial charge < -0.3 is 15.8 Å². The molecule has 0 fully saturated rings. The second-order valence-electron chi connectivity index (χ2n) is 4.04. The number of anilines is 2. The van der Waals surface area contributed by atoms with E-state index in [1.54, 1.807) is 12.1 Å². The van der Waals surface area contributed by atoms with E-state index in [0.29, 0.717) is 19.1 Å². The summed E-state index contributed by atoms with van der Waals surface area (Å²) in [6, 6.07) is 6.55. The molecule has 20 heavy (non-hydrogen) atoms. The second-order valence-corrected chi connectivity index (χ2v) is 4.04. The highest BCUT2D eigenvalue weighted by atomic mass is 19.1. The summed E-state index contributed by atoms with van der Waals surface area (Å²) < 4.78 is 17.9. The highest BCUT2D eigenvalue weighted by Crippen LogP contribution is 2.09. The molecule has 1 heterocycles. The zero-order valence-corrected chi connectivity index (χ0v) is 11.1. The van der Waals surface area contributed by atoms with Crippen molar-refractivity contribution in [2.24, 2.45) is 0 Å². The quantitative estimate of drug-likeness (QED) is 0.835.